The van der Waals surface area contributed by atoms with Gasteiger partial charge in [0.15, 0.2) is 0 Å². The van der Waals surface area contributed by atoms with Crippen LogP contribution in [0.1, 0.15) is 18.1 Å². The standard InChI is InChI=1S/C21H25ClN4O3/c1-15-5-3-4-6-17(15)14-24-9-11-25(12-10-24)16(2)21(27)23-20-8-7-18(26(28)29)13-19(20)22/h3-8,13,16H,9-12,14H2,1-2H3,(H,23,27). The van der Waals surface area contributed by atoms with Crippen LogP contribution in [0.25, 0.3) is 0 Å². The number of nitro groups is 1. The summed E-state index contributed by atoms with van der Waals surface area (Å²) in [6.07, 6.45) is 0. The molecule has 1 amide bonds. The molecular formula is C21H25ClN4O3. The minimum atomic E-state index is -0.517. The number of nitrogens with zero attached hydrogens (tertiary/aromatic N) is 3. The van der Waals surface area contributed by atoms with E-state index in [1.807, 2.05) is 13.0 Å². The first-order chi connectivity index (χ1) is 13.8. The number of benzene rings is 2. The van der Waals surface area contributed by atoms with Gasteiger partial charge in [-0.05, 0) is 31.0 Å². The lowest BCUT2D eigenvalue weighted by Gasteiger charge is -2.37. The molecule has 1 aliphatic heterocycles. The minimum Gasteiger partial charge on any atom is -0.323 e. The van der Waals surface area contributed by atoms with E-state index in [1.54, 1.807) is 0 Å². The number of nitrogens with one attached hydrogen (secondary N) is 1. The smallest absolute Gasteiger partial charge is 0.271 e. The summed E-state index contributed by atoms with van der Waals surface area (Å²) in [6.45, 7) is 8.30. The Kier molecular flexibility index (Phi) is 6.84. The number of carbonyl (C=O) groups is 1. The molecule has 1 N–H and O–H groups in total. The van der Waals surface area contributed by atoms with E-state index in [2.05, 4.69) is 40.2 Å². The maximum Gasteiger partial charge on any atom is 0.271 e. The fourth-order valence-corrected chi connectivity index (χ4v) is 3.68. The minimum absolute atomic E-state index is 0.106. The van der Waals surface area contributed by atoms with Gasteiger partial charge in [-0.3, -0.25) is 24.7 Å². The Morgan fingerprint density at radius 2 is 1.90 bits per heavy atom. The molecule has 3 rings (SSSR count). The molecule has 1 aliphatic rings. The summed E-state index contributed by atoms with van der Waals surface area (Å²) in [4.78, 5) is 27.5. The molecule has 0 radical (unpaired) electrons. The van der Waals surface area contributed by atoms with Crippen LogP contribution in [-0.2, 0) is 11.3 Å². The van der Waals surface area contributed by atoms with Crippen molar-refractivity contribution < 1.29 is 9.72 Å². The summed E-state index contributed by atoms with van der Waals surface area (Å²) in [5.74, 6) is -0.173. The van der Waals surface area contributed by atoms with Crippen LogP contribution >= 0.6 is 11.6 Å². The molecule has 0 aliphatic carbocycles. The lowest BCUT2D eigenvalue weighted by molar-refractivity contribution is -0.384. The van der Waals surface area contributed by atoms with Crippen LogP contribution in [0.5, 0.6) is 0 Å². The number of hydrogen-bond acceptors (Lipinski definition) is 5. The Morgan fingerprint density at radius 3 is 2.52 bits per heavy atom. The van der Waals surface area contributed by atoms with E-state index >= 15 is 0 Å². The molecule has 1 heterocycles. The molecule has 0 bridgehead atoms. The molecule has 8 heteroatoms. The van der Waals surface area contributed by atoms with Gasteiger partial charge in [-0.1, -0.05) is 35.9 Å². The van der Waals surface area contributed by atoms with Crippen LogP contribution in [0.3, 0.4) is 0 Å². The van der Waals surface area contributed by atoms with Gasteiger partial charge in [0.1, 0.15) is 0 Å². The summed E-state index contributed by atoms with van der Waals surface area (Å²) in [5, 5.41) is 13.7. The topological polar surface area (TPSA) is 78.7 Å². The van der Waals surface area contributed by atoms with Crippen LogP contribution in [0, 0.1) is 17.0 Å². The number of halogens is 1. The van der Waals surface area contributed by atoms with E-state index < -0.39 is 4.92 Å². The molecule has 7 nitrogen and oxygen atoms in total. The van der Waals surface area contributed by atoms with Gasteiger partial charge in [-0.15, -0.1) is 0 Å². The third-order valence-electron chi connectivity index (χ3n) is 5.41. The van der Waals surface area contributed by atoms with Crippen molar-refractivity contribution in [2.75, 3.05) is 31.5 Å². The van der Waals surface area contributed by atoms with E-state index in [0.29, 0.717) is 5.69 Å². The Balaban J connectivity index is 1.53. The third kappa shape index (κ3) is 5.32. The highest BCUT2D eigenvalue weighted by molar-refractivity contribution is 6.34. The van der Waals surface area contributed by atoms with E-state index in [9.17, 15) is 14.9 Å². The van der Waals surface area contributed by atoms with Crippen LogP contribution in [0.2, 0.25) is 5.02 Å². The maximum absolute atomic E-state index is 12.6. The Hall–Kier alpha value is -2.48. The maximum atomic E-state index is 12.6. The molecule has 1 fully saturated rings. The highest BCUT2D eigenvalue weighted by Gasteiger charge is 2.26. The van der Waals surface area contributed by atoms with Gasteiger partial charge in [0, 0.05) is 44.9 Å². The molecule has 1 atom stereocenters. The number of aryl methyl sites for hydroxylation is 1. The van der Waals surface area contributed by atoms with Crippen molar-refractivity contribution in [2.45, 2.75) is 26.4 Å². The number of nitro benzene ring substituents is 1. The van der Waals surface area contributed by atoms with Gasteiger partial charge in [0.2, 0.25) is 5.91 Å². The molecule has 0 spiro atoms. The Morgan fingerprint density at radius 1 is 1.21 bits per heavy atom. The third-order valence-corrected chi connectivity index (χ3v) is 5.72. The number of hydrogen-bond donors (Lipinski definition) is 1. The van der Waals surface area contributed by atoms with Crippen LogP contribution in [0.15, 0.2) is 42.5 Å². The average molecular weight is 417 g/mol. The zero-order valence-corrected chi connectivity index (χ0v) is 17.4. The second-order valence-electron chi connectivity index (χ2n) is 7.33. The van der Waals surface area contributed by atoms with Gasteiger partial charge in [-0.25, -0.2) is 0 Å². The molecule has 2 aromatic rings. The van der Waals surface area contributed by atoms with E-state index in [-0.39, 0.29) is 22.7 Å². The molecule has 29 heavy (non-hydrogen) atoms. The largest absolute Gasteiger partial charge is 0.323 e. The number of rotatable bonds is 6. The first-order valence-electron chi connectivity index (χ1n) is 9.61. The van der Waals surface area contributed by atoms with Gasteiger partial charge >= 0.3 is 0 Å². The molecule has 0 aromatic heterocycles. The fraction of sp³-hybridized carbons (Fsp3) is 0.381. The molecule has 154 valence electrons. The average Bonchev–Trinajstić information content (AvgIpc) is 2.71. The van der Waals surface area contributed by atoms with Crippen molar-refractivity contribution in [1.29, 1.82) is 0 Å². The normalized spacial score (nSPS) is 16.4. The van der Waals surface area contributed by atoms with Crippen molar-refractivity contribution in [3.8, 4) is 0 Å². The Bertz CT molecular complexity index is 897. The van der Waals surface area contributed by atoms with E-state index in [4.69, 9.17) is 11.6 Å². The Labute approximate surface area is 175 Å². The number of amides is 1. The van der Waals surface area contributed by atoms with Crippen molar-refractivity contribution in [1.82, 2.24) is 9.80 Å². The number of anilines is 1. The molecule has 1 saturated heterocycles. The van der Waals surface area contributed by atoms with Crippen LogP contribution in [-0.4, -0.2) is 52.9 Å². The van der Waals surface area contributed by atoms with Crippen molar-refractivity contribution >= 4 is 28.9 Å². The van der Waals surface area contributed by atoms with Gasteiger partial charge in [0.25, 0.3) is 5.69 Å². The van der Waals surface area contributed by atoms with E-state index in [0.717, 1.165) is 32.7 Å². The molecule has 1 unspecified atom stereocenters. The quantitative estimate of drug-likeness (QED) is 0.573. The summed E-state index contributed by atoms with van der Waals surface area (Å²) < 4.78 is 0. The molecule has 2 aromatic carbocycles. The number of non-ortho nitro benzene ring substituents is 1. The highest BCUT2D eigenvalue weighted by atomic mass is 35.5. The second-order valence-corrected chi connectivity index (χ2v) is 7.73. The first-order valence-corrected chi connectivity index (χ1v) is 9.98. The summed E-state index contributed by atoms with van der Waals surface area (Å²) in [6, 6.07) is 12.1. The first kappa shape index (κ1) is 21.2. The zero-order valence-electron chi connectivity index (χ0n) is 16.6. The van der Waals surface area contributed by atoms with Gasteiger partial charge < -0.3 is 5.32 Å². The molecular weight excluding hydrogens is 392 g/mol. The number of piperazine rings is 1. The SMILES string of the molecule is Cc1ccccc1CN1CCN(C(C)C(=O)Nc2ccc([N+](=O)[O-])cc2Cl)CC1. The fourth-order valence-electron chi connectivity index (χ4n) is 3.46. The van der Waals surface area contributed by atoms with Crippen molar-refractivity contribution in [2.24, 2.45) is 0 Å². The monoisotopic (exact) mass is 416 g/mol. The van der Waals surface area contributed by atoms with E-state index in [1.165, 1.54) is 29.3 Å². The highest BCUT2D eigenvalue weighted by Crippen LogP contribution is 2.27. The summed E-state index contributed by atoms with van der Waals surface area (Å²) >= 11 is 6.08. The summed E-state index contributed by atoms with van der Waals surface area (Å²) in [7, 11) is 0. The van der Waals surface area contributed by atoms with Crippen LogP contribution in [0.4, 0.5) is 11.4 Å². The van der Waals surface area contributed by atoms with Gasteiger partial charge in [0.05, 0.1) is 21.7 Å². The number of carbonyl (C=O) groups excluding carboxylic acids is 1. The lowest BCUT2D eigenvalue weighted by atomic mass is 10.1. The molecule has 0 saturated carbocycles. The van der Waals surface area contributed by atoms with Gasteiger partial charge in [-0.2, -0.15) is 0 Å². The summed E-state index contributed by atoms with van der Waals surface area (Å²) in [5.41, 5.74) is 2.90. The van der Waals surface area contributed by atoms with Crippen LogP contribution < -0.4 is 5.32 Å². The predicted molar refractivity (Wildman–Crippen MR) is 114 cm³/mol. The van der Waals surface area contributed by atoms with Crippen molar-refractivity contribution in [3.05, 3.63) is 68.7 Å². The second kappa shape index (κ2) is 9.35. The van der Waals surface area contributed by atoms with Crippen molar-refractivity contribution in [3.63, 3.8) is 0 Å². The lowest BCUT2D eigenvalue weighted by Crippen LogP contribution is -2.52. The predicted octanol–water partition coefficient (Wildman–Crippen LogP) is 3.70. The zero-order chi connectivity index (χ0) is 21.0.